The van der Waals surface area contributed by atoms with E-state index in [0.29, 0.717) is 24.0 Å². The van der Waals surface area contributed by atoms with Crippen LogP contribution in [-0.4, -0.2) is 6.61 Å². The van der Waals surface area contributed by atoms with E-state index in [1.165, 1.54) is 5.56 Å². The molecule has 0 aliphatic rings. The summed E-state index contributed by atoms with van der Waals surface area (Å²) in [5.41, 5.74) is 7.74. The molecule has 0 unspecified atom stereocenters. The van der Waals surface area contributed by atoms with Crippen LogP contribution in [0.25, 0.3) is 0 Å². The molecule has 2 aromatic carbocycles. The maximum Gasteiger partial charge on any atom is 0.133 e. The van der Waals surface area contributed by atoms with Crippen LogP contribution in [0, 0.1) is 0 Å². The molecule has 2 aromatic rings. The summed E-state index contributed by atoms with van der Waals surface area (Å²) in [7, 11) is 0. The lowest BCUT2D eigenvalue weighted by Crippen LogP contribution is -1.95. The molecular weight excluding hydrogens is 250 g/mol. The molecule has 106 valence electrons. The van der Waals surface area contributed by atoms with Crippen LogP contribution < -0.4 is 15.2 Å². The topological polar surface area (TPSA) is 44.5 Å². The predicted molar refractivity (Wildman–Crippen MR) is 82.6 cm³/mol. The van der Waals surface area contributed by atoms with E-state index < -0.39 is 0 Å². The second-order valence-corrected chi connectivity index (χ2v) is 5.00. The zero-order valence-electron chi connectivity index (χ0n) is 12.2. The predicted octanol–water partition coefficient (Wildman–Crippen LogP) is 4.58. The van der Waals surface area contributed by atoms with Gasteiger partial charge in [-0.25, -0.2) is 0 Å². The Morgan fingerprint density at radius 1 is 1.00 bits per heavy atom. The largest absolute Gasteiger partial charge is 0.494 e. The van der Waals surface area contributed by atoms with Crippen molar-refractivity contribution in [2.24, 2.45) is 0 Å². The zero-order valence-corrected chi connectivity index (χ0v) is 12.2. The highest BCUT2D eigenvalue weighted by atomic mass is 16.5. The Kier molecular flexibility index (Phi) is 4.51. The Hall–Kier alpha value is -2.16. The van der Waals surface area contributed by atoms with Gasteiger partial charge in [-0.1, -0.05) is 26.0 Å². The molecule has 0 atom stereocenters. The first-order chi connectivity index (χ1) is 9.58. The number of ether oxygens (including phenoxy) is 2. The second-order valence-electron chi connectivity index (χ2n) is 5.00. The van der Waals surface area contributed by atoms with Crippen molar-refractivity contribution in [1.82, 2.24) is 0 Å². The third kappa shape index (κ3) is 3.67. The van der Waals surface area contributed by atoms with E-state index in [9.17, 15) is 0 Å². The quantitative estimate of drug-likeness (QED) is 0.809. The first-order valence-electron chi connectivity index (χ1n) is 6.89. The molecule has 0 radical (unpaired) electrons. The molecule has 0 heterocycles. The highest BCUT2D eigenvalue weighted by Gasteiger charge is 2.05. The summed E-state index contributed by atoms with van der Waals surface area (Å²) in [6.07, 6.45) is 0. The normalized spacial score (nSPS) is 10.6. The van der Waals surface area contributed by atoms with Gasteiger partial charge in [0.05, 0.1) is 6.61 Å². The van der Waals surface area contributed by atoms with Gasteiger partial charge in [0.1, 0.15) is 17.2 Å². The van der Waals surface area contributed by atoms with Crippen LogP contribution in [0.15, 0.2) is 42.5 Å². The van der Waals surface area contributed by atoms with Gasteiger partial charge in [0, 0.05) is 23.9 Å². The van der Waals surface area contributed by atoms with Crippen LogP contribution in [0.1, 0.15) is 32.3 Å². The molecule has 0 aliphatic carbocycles. The van der Waals surface area contributed by atoms with Gasteiger partial charge in [0.25, 0.3) is 0 Å². The molecule has 0 bridgehead atoms. The minimum absolute atomic E-state index is 0.471. The third-order valence-electron chi connectivity index (χ3n) is 2.97. The van der Waals surface area contributed by atoms with Gasteiger partial charge < -0.3 is 15.2 Å². The van der Waals surface area contributed by atoms with Crippen LogP contribution in [-0.2, 0) is 0 Å². The Morgan fingerprint density at radius 2 is 1.75 bits per heavy atom. The summed E-state index contributed by atoms with van der Waals surface area (Å²) in [5, 5.41) is 0. The molecule has 2 N–H and O–H groups in total. The lowest BCUT2D eigenvalue weighted by molar-refractivity contribution is 0.338. The van der Waals surface area contributed by atoms with Crippen molar-refractivity contribution >= 4 is 5.69 Å². The van der Waals surface area contributed by atoms with E-state index in [-0.39, 0.29) is 0 Å². The standard InChI is InChI=1S/C17H21NO2/c1-4-19-16-9-14(18)10-17(11-16)20-15-7-5-6-13(8-15)12(2)3/h5-12H,4,18H2,1-3H3. The lowest BCUT2D eigenvalue weighted by Gasteiger charge is -2.11. The molecule has 0 saturated carbocycles. The van der Waals surface area contributed by atoms with Crippen molar-refractivity contribution in [3.05, 3.63) is 48.0 Å². The minimum Gasteiger partial charge on any atom is -0.494 e. The molecule has 3 nitrogen and oxygen atoms in total. The lowest BCUT2D eigenvalue weighted by atomic mass is 10.0. The first kappa shape index (κ1) is 14.3. The Morgan fingerprint density at radius 3 is 2.45 bits per heavy atom. The number of benzene rings is 2. The molecule has 0 aromatic heterocycles. The first-order valence-corrected chi connectivity index (χ1v) is 6.89. The summed E-state index contributed by atoms with van der Waals surface area (Å²) in [6, 6.07) is 13.5. The summed E-state index contributed by atoms with van der Waals surface area (Å²) in [4.78, 5) is 0. The SMILES string of the molecule is CCOc1cc(N)cc(Oc2cccc(C(C)C)c2)c1. The Labute approximate surface area is 120 Å². The molecule has 0 spiro atoms. The van der Waals surface area contributed by atoms with E-state index >= 15 is 0 Å². The van der Waals surface area contributed by atoms with Gasteiger partial charge >= 0.3 is 0 Å². The van der Waals surface area contributed by atoms with E-state index in [4.69, 9.17) is 15.2 Å². The van der Waals surface area contributed by atoms with Crippen LogP contribution in [0.5, 0.6) is 17.2 Å². The van der Waals surface area contributed by atoms with Crippen LogP contribution in [0.3, 0.4) is 0 Å². The van der Waals surface area contributed by atoms with E-state index in [2.05, 4.69) is 19.9 Å². The molecule has 2 rings (SSSR count). The smallest absolute Gasteiger partial charge is 0.133 e. The molecular formula is C17H21NO2. The molecule has 20 heavy (non-hydrogen) atoms. The van der Waals surface area contributed by atoms with Crippen molar-refractivity contribution in [3.63, 3.8) is 0 Å². The Bertz CT molecular complexity index is 579. The molecule has 0 amide bonds. The average molecular weight is 271 g/mol. The second kappa shape index (κ2) is 6.33. The van der Waals surface area contributed by atoms with Crippen molar-refractivity contribution in [2.45, 2.75) is 26.7 Å². The van der Waals surface area contributed by atoms with Gasteiger partial charge in [0.15, 0.2) is 0 Å². The maximum atomic E-state index is 5.88. The number of hydrogen-bond donors (Lipinski definition) is 1. The van der Waals surface area contributed by atoms with Gasteiger partial charge in [0.2, 0.25) is 0 Å². The van der Waals surface area contributed by atoms with Crippen molar-refractivity contribution < 1.29 is 9.47 Å². The molecule has 0 aliphatic heterocycles. The summed E-state index contributed by atoms with van der Waals surface area (Å²) in [5.74, 6) is 2.69. The van der Waals surface area contributed by atoms with Gasteiger partial charge in [-0.3, -0.25) is 0 Å². The van der Waals surface area contributed by atoms with Gasteiger partial charge in [-0.15, -0.1) is 0 Å². The fourth-order valence-electron chi connectivity index (χ4n) is 1.98. The fraction of sp³-hybridized carbons (Fsp3) is 0.294. The fourth-order valence-corrected chi connectivity index (χ4v) is 1.98. The van der Waals surface area contributed by atoms with Crippen LogP contribution in [0.2, 0.25) is 0 Å². The highest BCUT2D eigenvalue weighted by Crippen LogP contribution is 2.30. The van der Waals surface area contributed by atoms with E-state index in [1.54, 1.807) is 12.1 Å². The van der Waals surface area contributed by atoms with Crippen molar-refractivity contribution in [1.29, 1.82) is 0 Å². The van der Waals surface area contributed by atoms with Gasteiger partial charge in [-0.2, -0.15) is 0 Å². The third-order valence-corrected chi connectivity index (χ3v) is 2.97. The maximum absolute atomic E-state index is 5.88. The molecule has 0 saturated heterocycles. The minimum atomic E-state index is 0.471. The van der Waals surface area contributed by atoms with Gasteiger partial charge in [-0.05, 0) is 30.5 Å². The molecule has 0 fully saturated rings. The number of nitrogen functional groups attached to an aromatic ring is 1. The average Bonchev–Trinajstić information content (AvgIpc) is 2.38. The number of nitrogens with two attached hydrogens (primary N) is 1. The van der Waals surface area contributed by atoms with Crippen LogP contribution in [0.4, 0.5) is 5.69 Å². The van der Waals surface area contributed by atoms with Crippen molar-refractivity contribution in [2.75, 3.05) is 12.3 Å². The summed E-state index contributed by atoms with van der Waals surface area (Å²) in [6.45, 7) is 6.86. The highest BCUT2D eigenvalue weighted by molar-refractivity contribution is 5.51. The van der Waals surface area contributed by atoms with Crippen molar-refractivity contribution in [3.8, 4) is 17.2 Å². The molecule has 3 heteroatoms. The zero-order chi connectivity index (χ0) is 14.5. The summed E-state index contributed by atoms with van der Waals surface area (Å²) < 4.78 is 11.3. The van der Waals surface area contributed by atoms with E-state index in [0.717, 1.165) is 11.5 Å². The summed E-state index contributed by atoms with van der Waals surface area (Å²) >= 11 is 0. The Balaban J connectivity index is 2.23. The van der Waals surface area contributed by atoms with E-state index in [1.807, 2.05) is 31.2 Å². The number of anilines is 1. The number of rotatable bonds is 5. The monoisotopic (exact) mass is 271 g/mol. The van der Waals surface area contributed by atoms with Crippen LogP contribution >= 0.6 is 0 Å². The number of hydrogen-bond acceptors (Lipinski definition) is 3.